The van der Waals surface area contributed by atoms with E-state index in [9.17, 15) is 9.90 Å². The Labute approximate surface area is 134 Å². The van der Waals surface area contributed by atoms with Gasteiger partial charge in [-0.3, -0.25) is 4.79 Å². The first-order valence-corrected chi connectivity index (χ1v) is 8.41. The Bertz CT molecular complexity index is 641. The minimum absolute atomic E-state index is 0.0150. The zero-order valence-electron chi connectivity index (χ0n) is 12.6. The highest BCUT2D eigenvalue weighted by Crippen LogP contribution is 2.28. The standard InChI is InChI=1S/C17H20N2O2S/c1-19(11-13-8-5-9-14(13)20)17(21)15-10-18-16(22-15)12-6-3-2-4-7-12/h2-4,6-7,10,13-14,20H,5,8-9,11H2,1H3. The lowest BCUT2D eigenvalue weighted by atomic mass is 10.1. The quantitative estimate of drug-likeness (QED) is 0.943. The van der Waals surface area contributed by atoms with Crippen molar-refractivity contribution in [1.82, 2.24) is 9.88 Å². The van der Waals surface area contributed by atoms with Crippen molar-refractivity contribution in [3.05, 3.63) is 41.4 Å². The number of amides is 1. The van der Waals surface area contributed by atoms with Crippen LogP contribution in [0, 0.1) is 5.92 Å². The normalized spacial score (nSPS) is 21.0. The Morgan fingerprint density at radius 1 is 1.36 bits per heavy atom. The molecule has 2 unspecified atom stereocenters. The Balaban J connectivity index is 1.68. The van der Waals surface area contributed by atoms with E-state index in [4.69, 9.17) is 0 Å². The van der Waals surface area contributed by atoms with Gasteiger partial charge in [0.05, 0.1) is 12.3 Å². The summed E-state index contributed by atoms with van der Waals surface area (Å²) in [6.07, 6.45) is 4.28. The highest BCUT2D eigenvalue weighted by molar-refractivity contribution is 7.16. The molecule has 0 aliphatic heterocycles. The summed E-state index contributed by atoms with van der Waals surface area (Å²) in [7, 11) is 1.80. The lowest BCUT2D eigenvalue weighted by Crippen LogP contribution is -2.34. The number of hydrogen-bond acceptors (Lipinski definition) is 4. The second-order valence-electron chi connectivity index (χ2n) is 5.84. The predicted octanol–water partition coefficient (Wildman–Crippen LogP) is 3.04. The van der Waals surface area contributed by atoms with Gasteiger partial charge in [0.2, 0.25) is 0 Å². The number of benzene rings is 1. The van der Waals surface area contributed by atoms with Crippen molar-refractivity contribution in [1.29, 1.82) is 0 Å². The second kappa shape index (κ2) is 6.58. The van der Waals surface area contributed by atoms with Crippen molar-refractivity contribution in [2.45, 2.75) is 25.4 Å². The van der Waals surface area contributed by atoms with Crippen molar-refractivity contribution < 1.29 is 9.90 Å². The Kier molecular flexibility index (Phi) is 4.55. The zero-order chi connectivity index (χ0) is 15.5. The van der Waals surface area contributed by atoms with Gasteiger partial charge in [0, 0.05) is 25.1 Å². The van der Waals surface area contributed by atoms with Crippen LogP contribution in [0.25, 0.3) is 10.6 Å². The van der Waals surface area contributed by atoms with Gasteiger partial charge in [-0.2, -0.15) is 0 Å². The topological polar surface area (TPSA) is 53.4 Å². The van der Waals surface area contributed by atoms with Gasteiger partial charge in [-0.25, -0.2) is 4.98 Å². The van der Waals surface area contributed by atoms with E-state index in [-0.39, 0.29) is 17.9 Å². The molecule has 1 fully saturated rings. The summed E-state index contributed by atoms with van der Waals surface area (Å²) in [5.41, 5.74) is 1.03. The molecule has 1 amide bonds. The van der Waals surface area contributed by atoms with E-state index in [1.54, 1.807) is 18.1 Å². The van der Waals surface area contributed by atoms with Crippen molar-refractivity contribution in [2.24, 2.45) is 5.92 Å². The maximum Gasteiger partial charge on any atom is 0.265 e. The molecule has 1 aliphatic carbocycles. The molecule has 3 rings (SSSR count). The molecule has 1 aromatic carbocycles. The lowest BCUT2D eigenvalue weighted by molar-refractivity contribution is 0.0697. The third-order valence-corrected chi connectivity index (χ3v) is 5.25. The van der Waals surface area contributed by atoms with Gasteiger partial charge in [-0.15, -0.1) is 11.3 Å². The minimum atomic E-state index is -0.267. The summed E-state index contributed by atoms with van der Waals surface area (Å²) in [4.78, 5) is 19.2. The molecule has 1 N–H and O–H groups in total. The number of carbonyl (C=O) groups excluding carboxylic acids is 1. The average molecular weight is 316 g/mol. The van der Waals surface area contributed by atoms with E-state index in [0.29, 0.717) is 11.4 Å². The minimum Gasteiger partial charge on any atom is -0.393 e. The number of nitrogens with zero attached hydrogens (tertiary/aromatic N) is 2. The summed E-state index contributed by atoms with van der Waals surface area (Å²) in [6.45, 7) is 0.610. The fourth-order valence-electron chi connectivity index (χ4n) is 2.94. The van der Waals surface area contributed by atoms with E-state index in [2.05, 4.69) is 4.98 Å². The van der Waals surface area contributed by atoms with Crippen LogP contribution in [-0.2, 0) is 0 Å². The van der Waals surface area contributed by atoms with Crippen LogP contribution in [0.1, 0.15) is 28.9 Å². The van der Waals surface area contributed by atoms with Crippen LogP contribution in [0.3, 0.4) is 0 Å². The van der Waals surface area contributed by atoms with Crippen molar-refractivity contribution in [3.8, 4) is 10.6 Å². The summed E-state index contributed by atoms with van der Waals surface area (Å²) < 4.78 is 0. The molecule has 5 heteroatoms. The number of carbonyl (C=O) groups is 1. The molecule has 2 aromatic rings. The third-order valence-electron chi connectivity index (χ3n) is 4.21. The van der Waals surface area contributed by atoms with Crippen LogP contribution in [-0.4, -0.2) is 40.6 Å². The lowest BCUT2D eigenvalue weighted by Gasteiger charge is -2.22. The molecule has 1 heterocycles. The second-order valence-corrected chi connectivity index (χ2v) is 6.87. The van der Waals surface area contributed by atoms with Crippen LogP contribution in [0.5, 0.6) is 0 Å². The molecule has 0 radical (unpaired) electrons. The number of thiazole rings is 1. The summed E-state index contributed by atoms with van der Waals surface area (Å²) in [6, 6.07) is 9.87. The number of hydrogen-bond donors (Lipinski definition) is 1. The third kappa shape index (κ3) is 3.20. The molecule has 1 saturated carbocycles. The van der Waals surface area contributed by atoms with Crippen molar-refractivity contribution in [2.75, 3.05) is 13.6 Å². The van der Waals surface area contributed by atoms with Gasteiger partial charge < -0.3 is 10.0 Å². The molecular weight excluding hydrogens is 296 g/mol. The maximum atomic E-state index is 12.5. The Hall–Kier alpha value is -1.72. The molecular formula is C17H20N2O2S. The molecule has 0 bridgehead atoms. The van der Waals surface area contributed by atoms with E-state index < -0.39 is 0 Å². The largest absolute Gasteiger partial charge is 0.393 e. The van der Waals surface area contributed by atoms with Gasteiger partial charge in [0.25, 0.3) is 5.91 Å². The summed E-state index contributed by atoms with van der Waals surface area (Å²) in [5, 5.41) is 10.8. The molecule has 116 valence electrons. The predicted molar refractivity (Wildman–Crippen MR) is 87.9 cm³/mol. The van der Waals surface area contributed by atoms with Gasteiger partial charge in [0.1, 0.15) is 9.88 Å². The first-order valence-electron chi connectivity index (χ1n) is 7.60. The number of aromatic nitrogens is 1. The first kappa shape index (κ1) is 15.2. The highest BCUT2D eigenvalue weighted by atomic mass is 32.1. The fourth-order valence-corrected chi connectivity index (χ4v) is 3.86. The summed E-state index contributed by atoms with van der Waals surface area (Å²) >= 11 is 1.42. The number of aliphatic hydroxyl groups is 1. The molecule has 22 heavy (non-hydrogen) atoms. The maximum absolute atomic E-state index is 12.5. The van der Waals surface area contributed by atoms with Crippen molar-refractivity contribution in [3.63, 3.8) is 0 Å². The van der Waals surface area contributed by atoms with Crippen LogP contribution < -0.4 is 0 Å². The molecule has 0 spiro atoms. The SMILES string of the molecule is CN(CC1CCCC1O)C(=O)c1cnc(-c2ccccc2)s1. The number of rotatable bonds is 4. The van der Waals surface area contributed by atoms with Crippen LogP contribution in [0.15, 0.2) is 36.5 Å². The van der Waals surface area contributed by atoms with Crippen LogP contribution >= 0.6 is 11.3 Å². The molecule has 1 aromatic heterocycles. The smallest absolute Gasteiger partial charge is 0.265 e. The molecule has 2 atom stereocenters. The van der Waals surface area contributed by atoms with Crippen LogP contribution in [0.2, 0.25) is 0 Å². The van der Waals surface area contributed by atoms with Gasteiger partial charge in [-0.05, 0) is 12.8 Å². The average Bonchev–Trinajstić information content (AvgIpc) is 3.17. The van der Waals surface area contributed by atoms with E-state index in [0.717, 1.165) is 29.8 Å². The molecule has 1 aliphatic rings. The first-order chi connectivity index (χ1) is 10.6. The summed E-state index contributed by atoms with van der Waals surface area (Å²) in [5.74, 6) is 0.189. The molecule has 0 saturated heterocycles. The van der Waals surface area contributed by atoms with E-state index in [1.165, 1.54) is 11.3 Å². The van der Waals surface area contributed by atoms with Gasteiger partial charge >= 0.3 is 0 Å². The van der Waals surface area contributed by atoms with E-state index >= 15 is 0 Å². The zero-order valence-corrected chi connectivity index (χ0v) is 13.4. The Morgan fingerprint density at radius 3 is 2.82 bits per heavy atom. The van der Waals surface area contributed by atoms with Gasteiger partial charge in [-0.1, -0.05) is 36.8 Å². The van der Waals surface area contributed by atoms with Gasteiger partial charge in [0.15, 0.2) is 0 Å². The number of aliphatic hydroxyl groups excluding tert-OH is 1. The fraction of sp³-hybridized carbons (Fsp3) is 0.412. The molecule has 4 nitrogen and oxygen atoms in total. The van der Waals surface area contributed by atoms with E-state index in [1.807, 2.05) is 30.3 Å². The van der Waals surface area contributed by atoms with Crippen molar-refractivity contribution >= 4 is 17.2 Å². The monoisotopic (exact) mass is 316 g/mol. The highest BCUT2D eigenvalue weighted by Gasteiger charge is 2.28. The van der Waals surface area contributed by atoms with Crippen LogP contribution in [0.4, 0.5) is 0 Å². The Morgan fingerprint density at radius 2 is 2.14 bits per heavy atom.